The Morgan fingerprint density at radius 3 is 2.88 bits per heavy atom. The van der Waals surface area contributed by atoms with Gasteiger partial charge in [0, 0.05) is 20.2 Å². The number of nitrogens with two attached hydrogens (primary N) is 1. The molecule has 0 aromatic heterocycles. The number of hydrogen-bond acceptors (Lipinski definition) is 4. The van der Waals surface area contributed by atoms with Crippen LogP contribution in [-0.4, -0.2) is 48.7 Å². The monoisotopic (exact) mass is 229 g/mol. The highest BCUT2D eigenvalue weighted by Crippen LogP contribution is 2.28. The number of likely N-dealkylation sites (N-methyl/N-ethyl adjacent to an activating group) is 1. The number of nitrogens with zero attached hydrogens (tertiary/aromatic N) is 2. The standard InChI is InChI=1S/C10H19N3O3/c1-13(10(14)6-9(11)12-15)4-5-16-7-8-2-3-8/h8,15H,2-7H2,1H3,(H2,11,12). The van der Waals surface area contributed by atoms with E-state index >= 15 is 0 Å². The number of hydrogen-bond donors (Lipinski definition) is 2. The molecular formula is C10H19N3O3. The first-order valence-corrected chi connectivity index (χ1v) is 5.41. The summed E-state index contributed by atoms with van der Waals surface area (Å²) < 4.78 is 5.40. The molecule has 0 bridgehead atoms. The van der Waals surface area contributed by atoms with Crippen molar-refractivity contribution in [3.8, 4) is 0 Å². The van der Waals surface area contributed by atoms with Gasteiger partial charge in [-0.3, -0.25) is 4.79 Å². The summed E-state index contributed by atoms with van der Waals surface area (Å²) in [6, 6.07) is 0. The summed E-state index contributed by atoms with van der Waals surface area (Å²) in [5.41, 5.74) is 5.24. The minimum atomic E-state index is -0.176. The highest BCUT2D eigenvalue weighted by Gasteiger charge is 2.21. The number of ether oxygens (including phenoxy) is 1. The number of carbonyl (C=O) groups excluding carboxylic acids is 1. The second-order valence-electron chi connectivity index (χ2n) is 4.10. The minimum absolute atomic E-state index is 0.0599. The fourth-order valence-corrected chi connectivity index (χ4v) is 1.19. The second-order valence-corrected chi connectivity index (χ2v) is 4.10. The molecule has 1 rings (SSSR count). The second kappa shape index (κ2) is 6.32. The van der Waals surface area contributed by atoms with Crippen molar-refractivity contribution in [1.82, 2.24) is 4.90 Å². The van der Waals surface area contributed by atoms with Crippen LogP contribution in [0.25, 0.3) is 0 Å². The van der Waals surface area contributed by atoms with Gasteiger partial charge in [0.25, 0.3) is 0 Å². The summed E-state index contributed by atoms with van der Waals surface area (Å²) in [6.07, 6.45) is 2.46. The summed E-state index contributed by atoms with van der Waals surface area (Å²) in [4.78, 5) is 13.0. The Bertz CT molecular complexity index is 264. The van der Waals surface area contributed by atoms with Crippen LogP contribution < -0.4 is 5.73 Å². The number of carbonyl (C=O) groups is 1. The van der Waals surface area contributed by atoms with Crippen molar-refractivity contribution in [2.24, 2.45) is 16.8 Å². The van der Waals surface area contributed by atoms with Crippen molar-refractivity contribution in [2.75, 3.05) is 26.8 Å². The molecule has 0 aliphatic heterocycles. The van der Waals surface area contributed by atoms with Gasteiger partial charge in [0.1, 0.15) is 5.84 Å². The highest BCUT2D eigenvalue weighted by molar-refractivity contribution is 5.98. The first kappa shape index (κ1) is 12.8. The summed E-state index contributed by atoms with van der Waals surface area (Å²) in [6.45, 7) is 1.86. The van der Waals surface area contributed by atoms with Gasteiger partial charge in [-0.2, -0.15) is 0 Å². The van der Waals surface area contributed by atoms with E-state index in [0.717, 1.165) is 12.5 Å². The Labute approximate surface area is 95.0 Å². The number of oxime groups is 1. The van der Waals surface area contributed by atoms with Crippen LogP contribution in [0.1, 0.15) is 19.3 Å². The van der Waals surface area contributed by atoms with E-state index in [2.05, 4.69) is 5.16 Å². The van der Waals surface area contributed by atoms with Gasteiger partial charge in [-0.1, -0.05) is 5.16 Å². The lowest BCUT2D eigenvalue weighted by molar-refractivity contribution is -0.129. The zero-order valence-corrected chi connectivity index (χ0v) is 9.56. The van der Waals surface area contributed by atoms with Crippen molar-refractivity contribution in [1.29, 1.82) is 0 Å². The van der Waals surface area contributed by atoms with Crippen LogP contribution in [0.3, 0.4) is 0 Å². The topological polar surface area (TPSA) is 88.2 Å². The molecule has 1 fully saturated rings. The van der Waals surface area contributed by atoms with Gasteiger partial charge >= 0.3 is 0 Å². The maximum Gasteiger partial charge on any atom is 0.230 e. The van der Waals surface area contributed by atoms with E-state index < -0.39 is 0 Å². The minimum Gasteiger partial charge on any atom is -0.409 e. The third-order valence-corrected chi connectivity index (χ3v) is 2.51. The quantitative estimate of drug-likeness (QED) is 0.211. The molecule has 3 N–H and O–H groups in total. The van der Waals surface area contributed by atoms with E-state index in [1.54, 1.807) is 7.05 Å². The predicted molar refractivity (Wildman–Crippen MR) is 59.2 cm³/mol. The van der Waals surface area contributed by atoms with Crippen LogP contribution in [0, 0.1) is 5.92 Å². The molecule has 0 radical (unpaired) electrons. The molecule has 92 valence electrons. The lowest BCUT2D eigenvalue weighted by Crippen LogP contribution is -2.33. The summed E-state index contributed by atoms with van der Waals surface area (Å²) in [7, 11) is 1.67. The third kappa shape index (κ3) is 4.97. The SMILES string of the molecule is CN(CCOCC1CC1)C(=O)CC(N)=NO. The zero-order chi connectivity index (χ0) is 12.0. The first-order chi connectivity index (χ1) is 7.63. The van der Waals surface area contributed by atoms with Crippen molar-refractivity contribution < 1.29 is 14.7 Å². The van der Waals surface area contributed by atoms with Crippen LogP contribution in [0.15, 0.2) is 5.16 Å². The van der Waals surface area contributed by atoms with Crippen LogP contribution >= 0.6 is 0 Å². The summed E-state index contributed by atoms with van der Waals surface area (Å²) in [5.74, 6) is 0.485. The Kier molecular flexibility index (Phi) is 5.04. The maximum absolute atomic E-state index is 11.5. The Balaban J connectivity index is 2.07. The van der Waals surface area contributed by atoms with Gasteiger partial charge < -0.3 is 20.6 Å². The fourth-order valence-electron chi connectivity index (χ4n) is 1.19. The number of rotatable bonds is 7. The molecule has 0 saturated heterocycles. The van der Waals surface area contributed by atoms with Gasteiger partial charge in [-0.25, -0.2) is 0 Å². The Morgan fingerprint density at radius 2 is 2.31 bits per heavy atom. The van der Waals surface area contributed by atoms with Gasteiger partial charge in [0.05, 0.1) is 13.0 Å². The molecule has 0 unspecified atom stereocenters. The first-order valence-electron chi connectivity index (χ1n) is 5.41. The third-order valence-electron chi connectivity index (χ3n) is 2.51. The normalized spacial score (nSPS) is 16.2. The van der Waals surface area contributed by atoms with Gasteiger partial charge in [0.15, 0.2) is 0 Å². The average Bonchev–Trinajstić information content (AvgIpc) is 3.07. The van der Waals surface area contributed by atoms with Crippen LogP contribution in [-0.2, 0) is 9.53 Å². The number of amidine groups is 1. The fraction of sp³-hybridized carbons (Fsp3) is 0.800. The largest absolute Gasteiger partial charge is 0.409 e. The summed E-state index contributed by atoms with van der Waals surface area (Å²) >= 11 is 0. The van der Waals surface area contributed by atoms with Crippen LogP contribution in [0.4, 0.5) is 0 Å². The lowest BCUT2D eigenvalue weighted by atomic mass is 10.3. The molecule has 6 heteroatoms. The van der Waals surface area contributed by atoms with E-state index in [-0.39, 0.29) is 18.2 Å². The van der Waals surface area contributed by atoms with Crippen LogP contribution in [0.2, 0.25) is 0 Å². The molecule has 1 amide bonds. The van der Waals surface area contributed by atoms with E-state index in [9.17, 15) is 4.79 Å². The summed E-state index contributed by atoms with van der Waals surface area (Å²) in [5, 5.41) is 11.1. The molecule has 0 atom stereocenters. The van der Waals surface area contributed by atoms with Crippen molar-refractivity contribution in [3.05, 3.63) is 0 Å². The molecule has 1 aliphatic carbocycles. The lowest BCUT2D eigenvalue weighted by Gasteiger charge is -2.16. The molecular weight excluding hydrogens is 210 g/mol. The maximum atomic E-state index is 11.5. The molecule has 0 aromatic carbocycles. The van der Waals surface area contributed by atoms with Crippen molar-refractivity contribution in [2.45, 2.75) is 19.3 Å². The highest BCUT2D eigenvalue weighted by atomic mass is 16.5. The van der Waals surface area contributed by atoms with Crippen molar-refractivity contribution in [3.63, 3.8) is 0 Å². The molecule has 0 aromatic rings. The molecule has 16 heavy (non-hydrogen) atoms. The average molecular weight is 229 g/mol. The molecule has 0 heterocycles. The molecule has 1 aliphatic rings. The van der Waals surface area contributed by atoms with Crippen LogP contribution in [0.5, 0.6) is 0 Å². The molecule has 6 nitrogen and oxygen atoms in total. The zero-order valence-electron chi connectivity index (χ0n) is 9.56. The Hall–Kier alpha value is -1.30. The van der Waals surface area contributed by atoms with E-state index in [0.29, 0.717) is 13.2 Å². The van der Waals surface area contributed by atoms with Gasteiger partial charge in [-0.05, 0) is 18.8 Å². The van der Waals surface area contributed by atoms with Gasteiger partial charge in [-0.15, -0.1) is 0 Å². The molecule has 1 saturated carbocycles. The predicted octanol–water partition coefficient (Wildman–Crippen LogP) is 0.00790. The van der Waals surface area contributed by atoms with Crippen molar-refractivity contribution >= 4 is 11.7 Å². The smallest absolute Gasteiger partial charge is 0.230 e. The molecule has 0 spiro atoms. The van der Waals surface area contributed by atoms with E-state index in [1.165, 1.54) is 17.7 Å². The van der Waals surface area contributed by atoms with E-state index in [4.69, 9.17) is 15.7 Å². The number of amides is 1. The van der Waals surface area contributed by atoms with E-state index in [1.807, 2.05) is 0 Å². The van der Waals surface area contributed by atoms with Gasteiger partial charge in [0.2, 0.25) is 5.91 Å². The Morgan fingerprint density at radius 1 is 1.62 bits per heavy atom.